The van der Waals surface area contributed by atoms with E-state index in [2.05, 4.69) is 32.7 Å². The lowest BCUT2D eigenvalue weighted by atomic mass is 10.0. The highest BCUT2D eigenvalue weighted by molar-refractivity contribution is 6.80. The molecule has 0 heterocycles. The average molecular weight is 279 g/mol. The quantitative estimate of drug-likeness (QED) is 0.389. The Kier molecular flexibility index (Phi) is 5.34. The van der Waals surface area contributed by atoms with Crippen LogP contribution in [0.1, 0.15) is 64.7 Å². The van der Waals surface area contributed by atoms with E-state index in [4.69, 9.17) is 0 Å². The van der Waals surface area contributed by atoms with Crippen LogP contribution in [0, 0.1) is 11.8 Å². The van der Waals surface area contributed by atoms with Crippen molar-refractivity contribution in [3.8, 4) is 0 Å². The fraction of sp³-hybridized carbons (Fsp3) is 0.889. The van der Waals surface area contributed by atoms with Crippen LogP contribution in [0.25, 0.3) is 0 Å². The van der Waals surface area contributed by atoms with Crippen LogP contribution in [-0.2, 0) is 0 Å². The Morgan fingerprint density at radius 2 is 1.58 bits per heavy atom. The number of allylic oxidation sites excluding steroid dienone is 1. The smallest absolute Gasteiger partial charge is 0.0536 e. The number of rotatable bonds is 6. The first kappa shape index (κ1) is 15.3. The van der Waals surface area contributed by atoms with Crippen molar-refractivity contribution in [1.82, 2.24) is 0 Å². The van der Waals surface area contributed by atoms with Crippen LogP contribution in [0.4, 0.5) is 0 Å². The minimum Gasteiger partial charge on any atom is -0.103 e. The minimum atomic E-state index is -1.01. The second-order valence-corrected chi connectivity index (χ2v) is 13.2. The van der Waals surface area contributed by atoms with Gasteiger partial charge in [-0.2, -0.15) is 0 Å². The summed E-state index contributed by atoms with van der Waals surface area (Å²) in [6.45, 7) is 11.7. The van der Waals surface area contributed by atoms with Gasteiger partial charge in [0, 0.05) is 0 Å². The molecular formula is C18H34Si. The predicted molar refractivity (Wildman–Crippen MR) is 89.4 cm³/mol. The van der Waals surface area contributed by atoms with Crippen molar-refractivity contribution in [1.29, 1.82) is 0 Å². The maximum atomic E-state index is 3.93. The molecule has 0 spiro atoms. The van der Waals surface area contributed by atoms with E-state index in [1.54, 1.807) is 12.8 Å². The third-order valence-electron chi connectivity index (χ3n) is 6.38. The molecule has 0 amide bonds. The summed E-state index contributed by atoms with van der Waals surface area (Å²) in [5, 5.41) is 0. The van der Waals surface area contributed by atoms with Gasteiger partial charge < -0.3 is 0 Å². The van der Waals surface area contributed by atoms with Gasteiger partial charge in [0.15, 0.2) is 0 Å². The lowest BCUT2D eigenvalue weighted by molar-refractivity contribution is 0.494. The van der Waals surface area contributed by atoms with Gasteiger partial charge in [-0.15, -0.1) is 6.58 Å². The molecular weight excluding hydrogens is 244 g/mol. The molecule has 0 aromatic heterocycles. The second kappa shape index (κ2) is 6.61. The molecule has 2 saturated carbocycles. The molecule has 2 fully saturated rings. The second-order valence-electron chi connectivity index (χ2n) is 7.89. The highest BCUT2D eigenvalue weighted by Crippen LogP contribution is 2.53. The summed E-state index contributed by atoms with van der Waals surface area (Å²) in [5.74, 6) is 2.05. The van der Waals surface area contributed by atoms with E-state index in [0.717, 1.165) is 22.9 Å². The van der Waals surface area contributed by atoms with Crippen LogP contribution in [0.15, 0.2) is 12.7 Å². The fourth-order valence-corrected chi connectivity index (χ4v) is 9.32. The largest absolute Gasteiger partial charge is 0.103 e. The molecule has 0 bridgehead atoms. The molecule has 0 saturated heterocycles. The monoisotopic (exact) mass is 278 g/mol. The fourth-order valence-electron chi connectivity index (χ4n) is 4.95. The third-order valence-corrected chi connectivity index (χ3v) is 11.6. The Balaban J connectivity index is 1.90. The van der Waals surface area contributed by atoms with E-state index >= 15 is 0 Å². The molecule has 4 unspecified atom stereocenters. The van der Waals surface area contributed by atoms with Crippen molar-refractivity contribution < 1.29 is 0 Å². The average Bonchev–Trinajstić information content (AvgIpc) is 2.99. The van der Waals surface area contributed by atoms with Crippen molar-refractivity contribution >= 4 is 8.07 Å². The molecule has 2 aliphatic carbocycles. The summed E-state index contributed by atoms with van der Waals surface area (Å²) in [6, 6.07) is 0. The minimum absolute atomic E-state index is 0.974. The molecule has 4 atom stereocenters. The van der Waals surface area contributed by atoms with Crippen LogP contribution in [0.5, 0.6) is 0 Å². The van der Waals surface area contributed by atoms with E-state index < -0.39 is 8.07 Å². The summed E-state index contributed by atoms with van der Waals surface area (Å²) in [4.78, 5) is 0. The summed E-state index contributed by atoms with van der Waals surface area (Å²) in [6.07, 6.45) is 15.5. The highest BCUT2D eigenvalue weighted by atomic mass is 28.3. The van der Waals surface area contributed by atoms with Crippen molar-refractivity contribution in [2.24, 2.45) is 11.8 Å². The zero-order chi connectivity index (χ0) is 13.9. The Bertz CT molecular complexity index is 294. The molecule has 0 radical (unpaired) electrons. The number of hydrogen-bond donors (Lipinski definition) is 0. The van der Waals surface area contributed by atoms with Crippen molar-refractivity contribution in [3.63, 3.8) is 0 Å². The first-order chi connectivity index (χ1) is 9.07. The van der Waals surface area contributed by atoms with Gasteiger partial charge in [-0.25, -0.2) is 0 Å². The molecule has 0 aromatic rings. The normalized spacial score (nSPS) is 35.7. The van der Waals surface area contributed by atoms with E-state index in [0.29, 0.717) is 0 Å². The van der Waals surface area contributed by atoms with Gasteiger partial charge in [0.25, 0.3) is 0 Å². The zero-order valence-electron chi connectivity index (χ0n) is 13.5. The standard InChI is InChI=1S/C18H34Si/c1-5-7-15-9-11-17(13-15)19(3,4)18-12-10-16(14-18)8-6-2/h5,15-18H,1,6-14H2,2-4H3. The molecule has 110 valence electrons. The van der Waals surface area contributed by atoms with Crippen LogP contribution in [0.3, 0.4) is 0 Å². The topological polar surface area (TPSA) is 0 Å². The maximum absolute atomic E-state index is 3.93. The van der Waals surface area contributed by atoms with E-state index in [1.165, 1.54) is 44.9 Å². The van der Waals surface area contributed by atoms with Crippen molar-refractivity contribution in [2.75, 3.05) is 0 Å². The van der Waals surface area contributed by atoms with E-state index in [1.807, 2.05) is 0 Å². The van der Waals surface area contributed by atoms with Crippen LogP contribution < -0.4 is 0 Å². The number of hydrogen-bond acceptors (Lipinski definition) is 0. The summed E-state index contributed by atoms with van der Waals surface area (Å²) in [5.41, 5.74) is 2.25. The molecule has 0 nitrogen and oxygen atoms in total. The first-order valence-corrected chi connectivity index (χ1v) is 11.8. The summed E-state index contributed by atoms with van der Waals surface area (Å²) >= 11 is 0. The molecule has 2 rings (SSSR count). The maximum Gasteiger partial charge on any atom is 0.0536 e. The van der Waals surface area contributed by atoms with Crippen LogP contribution in [-0.4, -0.2) is 8.07 Å². The molecule has 1 heteroatoms. The molecule has 0 aliphatic heterocycles. The van der Waals surface area contributed by atoms with Gasteiger partial charge in [-0.05, 0) is 42.2 Å². The van der Waals surface area contributed by atoms with Gasteiger partial charge >= 0.3 is 0 Å². The van der Waals surface area contributed by atoms with Gasteiger partial charge in [0.05, 0.1) is 8.07 Å². The highest BCUT2D eigenvalue weighted by Gasteiger charge is 2.44. The molecule has 19 heavy (non-hydrogen) atoms. The van der Waals surface area contributed by atoms with Gasteiger partial charge in [-0.3, -0.25) is 0 Å². The Labute approximate surface area is 122 Å². The molecule has 2 aliphatic rings. The van der Waals surface area contributed by atoms with Gasteiger partial charge in [0.1, 0.15) is 0 Å². The summed E-state index contributed by atoms with van der Waals surface area (Å²) in [7, 11) is -1.01. The zero-order valence-corrected chi connectivity index (χ0v) is 14.5. The first-order valence-electron chi connectivity index (χ1n) is 8.68. The molecule has 0 aromatic carbocycles. The lowest BCUT2D eigenvalue weighted by Crippen LogP contribution is -2.36. The van der Waals surface area contributed by atoms with E-state index in [9.17, 15) is 0 Å². The van der Waals surface area contributed by atoms with Crippen LogP contribution >= 0.6 is 0 Å². The van der Waals surface area contributed by atoms with Crippen LogP contribution in [0.2, 0.25) is 24.2 Å². The van der Waals surface area contributed by atoms with E-state index in [-0.39, 0.29) is 0 Å². The molecule has 0 N–H and O–H groups in total. The SMILES string of the molecule is C=CCC1CCC([Si](C)(C)C2CCC(CCC)C2)C1. The lowest BCUT2D eigenvalue weighted by Gasteiger charge is -2.36. The summed E-state index contributed by atoms with van der Waals surface area (Å²) < 4.78 is 0. The Morgan fingerprint density at radius 1 is 1.00 bits per heavy atom. The van der Waals surface area contributed by atoms with Crippen molar-refractivity contribution in [2.45, 2.75) is 88.9 Å². The Hall–Kier alpha value is -0.0431. The Morgan fingerprint density at radius 3 is 2.16 bits per heavy atom. The van der Waals surface area contributed by atoms with Crippen molar-refractivity contribution in [3.05, 3.63) is 12.7 Å². The predicted octanol–water partition coefficient (Wildman–Crippen LogP) is 6.41. The van der Waals surface area contributed by atoms with Gasteiger partial charge in [0.2, 0.25) is 0 Å². The van der Waals surface area contributed by atoms with Gasteiger partial charge in [-0.1, -0.05) is 64.6 Å². The third kappa shape index (κ3) is 3.54.